The van der Waals surface area contributed by atoms with Crippen molar-refractivity contribution in [3.05, 3.63) is 72.2 Å². The summed E-state index contributed by atoms with van der Waals surface area (Å²) in [4.78, 5) is 44.7. The Morgan fingerprint density at radius 2 is 1.57 bits per heavy atom. The third-order valence-corrected chi connectivity index (χ3v) is 8.02. The highest BCUT2D eigenvalue weighted by molar-refractivity contribution is 5.95. The quantitative estimate of drug-likeness (QED) is 0.384. The van der Waals surface area contributed by atoms with Gasteiger partial charge in [0, 0.05) is 86.8 Å². The number of piperazine rings is 1. The lowest BCUT2D eigenvalue weighted by Crippen LogP contribution is -2.49. The zero-order chi connectivity index (χ0) is 28.5. The molecule has 7 rings (SSSR count). The standard InChI is InChI=1S/C30H32N10O2/c31-29-33-19-22(20-34-29)26-24-8-10-40(27(24)36-30(35-26)39-15-17-42-18-16-39)23-6-4-21(5-7-23)28(41)38-13-11-37(12-14-38)25-3-1-2-9-32-25/h1-7,9,19-20H,8,10-18H2,(H2,31,33,34). The van der Waals surface area contributed by atoms with Gasteiger partial charge in [-0.25, -0.2) is 19.9 Å². The van der Waals surface area contributed by atoms with Crippen molar-refractivity contribution in [2.75, 3.05) is 79.5 Å². The second-order valence-corrected chi connectivity index (χ2v) is 10.5. The molecule has 0 aliphatic carbocycles. The predicted octanol–water partition coefficient (Wildman–Crippen LogP) is 2.40. The number of hydrogen-bond donors (Lipinski definition) is 1. The van der Waals surface area contributed by atoms with Gasteiger partial charge in [0.1, 0.15) is 11.6 Å². The van der Waals surface area contributed by atoms with Gasteiger partial charge in [-0.2, -0.15) is 4.98 Å². The van der Waals surface area contributed by atoms with E-state index in [4.69, 9.17) is 20.4 Å². The van der Waals surface area contributed by atoms with E-state index in [1.807, 2.05) is 47.4 Å². The van der Waals surface area contributed by atoms with Gasteiger partial charge in [0.2, 0.25) is 11.9 Å². The van der Waals surface area contributed by atoms with E-state index in [0.717, 1.165) is 73.3 Å². The molecule has 3 aliphatic heterocycles. The Kier molecular flexibility index (Phi) is 6.96. The van der Waals surface area contributed by atoms with Gasteiger partial charge >= 0.3 is 0 Å². The van der Waals surface area contributed by atoms with Crippen LogP contribution in [0.5, 0.6) is 0 Å². The minimum absolute atomic E-state index is 0.0478. The summed E-state index contributed by atoms with van der Waals surface area (Å²) in [5.74, 6) is 2.75. The molecule has 0 saturated carbocycles. The zero-order valence-corrected chi connectivity index (χ0v) is 23.3. The minimum atomic E-state index is 0.0478. The Labute approximate surface area is 243 Å². The molecule has 6 heterocycles. The van der Waals surface area contributed by atoms with Crippen molar-refractivity contribution in [1.29, 1.82) is 0 Å². The molecule has 4 aromatic rings. The monoisotopic (exact) mass is 564 g/mol. The molecule has 3 aromatic heterocycles. The summed E-state index contributed by atoms with van der Waals surface area (Å²) in [6.45, 7) is 6.33. The molecule has 0 atom stereocenters. The molecule has 0 unspecified atom stereocenters. The molecule has 3 aliphatic rings. The number of nitrogens with two attached hydrogens (primary N) is 1. The molecule has 214 valence electrons. The molecule has 2 N–H and O–H groups in total. The van der Waals surface area contributed by atoms with Crippen molar-refractivity contribution in [2.24, 2.45) is 0 Å². The van der Waals surface area contributed by atoms with Gasteiger partial charge in [-0.15, -0.1) is 0 Å². The van der Waals surface area contributed by atoms with Crippen LogP contribution in [0.15, 0.2) is 61.1 Å². The van der Waals surface area contributed by atoms with Crippen LogP contribution in [0.3, 0.4) is 0 Å². The number of pyridine rings is 1. The molecule has 1 amide bonds. The molecule has 12 nitrogen and oxygen atoms in total. The van der Waals surface area contributed by atoms with Crippen molar-refractivity contribution in [3.8, 4) is 11.3 Å². The molecule has 2 saturated heterocycles. The largest absolute Gasteiger partial charge is 0.378 e. The molecule has 1 aromatic carbocycles. The van der Waals surface area contributed by atoms with E-state index in [1.54, 1.807) is 18.6 Å². The van der Waals surface area contributed by atoms with Gasteiger partial charge in [-0.05, 0) is 42.8 Å². The van der Waals surface area contributed by atoms with Gasteiger partial charge in [0.05, 0.1) is 18.9 Å². The van der Waals surface area contributed by atoms with Crippen LogP contribution in [-0.4, -0.2) is 94.8 Å². The number of amides is 1. The first-order valence-corrected chi connectivity index (χ1v) is 14.3. The number of nitrogen functional groups attached to an aromatic ring is 1. The van der Waals surface area contributed by atoms with Crippen LogP contribution in [0.4, 0.5) is 29.2 Å². The number of ether oxygens (including phenoxy) is 1. The van der Waals surface area contributed by atoms with Crippen molar-refractivity contribution in [1.82, 2.24) is 29.8 Å². The molecular formula is C30H32N10O2. The summed E-state index contributed by atoms with van der Waals surface area (Å²) in [5.41, 5.74) is 10.1. The van der Waals surface area contributed by atoms with E-state index in [-0.39, 0.29) is 11.9 Å². The third-order valence-electron chi connectivity index (χ3n) is 8.02. The fourth-order valence-electron chi connectivity index (χ4n) is 5.74. The zero-order valence-electron chi connectivity index (χ0n) is 23.3. The number of hydrogen-bond acceptors (Lipinski definition) is 11. The van der Waals surface area contributed by atoms with Gasteiger partial charge < -0.3 is 30.1 Å². The Morgan fingerprint density at radius 1 is 0.810 bits per heavy atom. The topological polar surface area (TPSA) is 130 Å². The van der Waals surface area contributed by atoms with E-state index < -0.39 is 0 Å². The summed E-state index contributed by atoms with van der Waals surface area (Å²) in [6.07, 6.45) is 6.01. The number of aromatic nitrogens is 5. The Morgan fingerprint density at radius 3 is 2.29 bits per heavy atom. The van der Waals surface area contributed by atoms with E-state index in [0.29, 0.717) is 37.8 Å². The van der Waals surface area contributed by atoms with E-state index in [1.165, 1.54) is 0 Å². The second-order valence-electron chi connectivity index (χ2n) is 10.5. The molecule has 0 bridgehead atoms. The van der Waals surface area contributed by atoms with Crippen LogP contribution in [0.1, 0.15) is 15.9 Å². The number of fused-ring (bicyclic) bond motifs is 1. The smallest absolute Gasteiger partial charge is 0.253 e. The number of anilines is 5. The van der Waals surface area contributed by atoms with E-state index in [2.05, 4.69) is 29.7 Å². The lowest BCUT2D eigenvalue weighted by molar-refractivity contribution is 0.0746. The van der Waals surface area contributed by atoms with Crippen LogP contribution < -0.4 is 20.4 Å². The Balaban J connectivity index is 1.12. The number of nitrogens with zero attached hydrogens (tertiary/aromatic N) is 9. The number of benzene rings is 1. The molecule has 2 fully saturated rings. The van der Waals surface area contributed by atoms with Crippen molar-refractivity contribution >= 4 is 35.1 Å². The second kappa shape index (κ2) is 11.2. The molecule has 42 heavy (non-hydrogen) atoms. The number of rotatable bonds is 5. The Bertz CT molecular complexity index is 1550. The van der Waals surface area contributed by atoms with Crippen LogP contribution in [0, 0.1) is 0 Å². The van der Waals surface area contributed by atoms with Gasteiger partial charge in [0.25, 0.3) is 5.91 Å². The Hall–Kier alpha value is -4.84. The molecule has 0 spiro atoms. The number of carbonyl (C=O) groups is 1. The summed E-state index contributed by atoms with van der Waals surface area (Å²) in [7, 11) is 0. The minimum Gasteiger partial charge on any atom is -0.378 e. The maximum absolute atomic E-state index is 13.3. The summed E-state index contributed by atoms with van der Waals surface area (Å²) < 4.78 is 5.55. The van der Waals surface area contributed by atoms with Crippen molar-refractivity contribution < 1.29 is 9.53 Å². The normalized spacial score (nSPS) is 17.0. The average molecular weight is 565 g/mol. The summed E-state index contributed by atoms with van der Waals surface area (Å²) in [5, 5.41) is 0. The molecular weight excluding hydrogens is 532 g/mol. The lowest BCUT2D eigenvalue weighted by Gasteiger charge is -2.35. The number of morpholine rings is 1. The maximum atomic E-state index is 13.3. The first kappa shape index (κ1) is 26.1. The first-order valence-electron chi connectivity index (χ1n) is 14.3. The first-order chi connectivity index (χ1) is 20.6. The van der Waals surface area contributed by atoms with Gasteiger partial charge in [-0.3, -0.25) is 4.79 Å². The van der Waals surface area contributed by atoms with Gasteiger partial charge in [-0.1, -0.05) is 6.07 Å². The fourth-order valence-corrected chi connectivity index (χ4v) is 5.74. The van der Waals surface area contributed by atoms with Crippen LogP contribution in [0.2, 0.25) is 0 Å². The highest BCUT2D eigenvalue weighted by Crippen LogP contribution is 2.39. The highest BCUT2D eigenvalue weighted by Gasteiger charge is 2.30. The third kappa shape index (κ3) is 5.05. The lowest BCUT2D eigenvalue weighted by atomic mass is 10.1. The van der Waals surface area contributed by atoms with E-state index >= 15 is 0 Å². The fraction of sp³-hybridized carbons (Fsp3) is 0.333. The van der Waals surface area contributed by atoms with Crippen LogP contribution in [0.25, 0.3) is 11.3 Å². The maximum Gasteiger partial charge on any atom is 0.253 e. The van der Waals surface area contributed by atoms with E-state index in [9.17, 15) is 4.79 Å². The number of carbonyl (C=O) groups excluding carboxylic acids is 1. The summed E-state index contributed by atoms with van der Waals surface area (Å²) in [6, 6.07) is 13.8. The average Bonchev–Trinajstić information content (AvgIpc) is 3.49. The molecule has 0 radical (unpaired) electrons. The molecule has 12 heteroatoms. The summed E-state index contributed by atoms with van der Waals surface area (Å²) >= 11 is 0. The van der Waals surface area contributed by atoms with Crippen molar-refractivity contribution in [2.45, 2.75) is 6.42 Å². The SMILES string of the molecule is Nc1ncc(-c2nc(N3CCOCC3)nc3c2CCN3c2ccc(C(=O)N3CCN(c4ccccn4)CC3)cc2)cn1. The predicted molar refractivity (Wildman–Crippen MR) is 160 cm³/mol. The van der Waals surface area contributed by atoms with Crippen molar-refractivity contribution in [3.63, 3.8) is 0 Å². The highest BCUT2D eigenvalue weighted by atomic mass is 16.5. The van der Waals surface area contributed by atoms with Crippen LogP contribution in [-0.2, 0) is 11.2 Å². The van der Waals surface area contributed by atoms with Crippen LogP contribution >= 0.6 is 0 Å². The van der Waals surface area contributed by atoms with Gasteiger partial charge in [0.15, 0.2) is 0 Å².